The van der Waals surface area contributed by atoms with Crippen LogP contribution in [0.25, 0.3) is 6.08 Å². The second-order valence-electron chi connectivity index (χ2n) is 23.9. The van der Waals surface area contributed by atoms with E-state index in [1.807, 2.05) is 43.3 Å². The van der Waals surface area contributed by atoms with E-state index in [-0.39, 0.29) is 38.2 Å². The van der Waals surface area contributed by atoms with Crippen LogP contribution in [-0.4, -0.2) is 226 Å². The van der Waals surface area contributed by atoms with Crippen LogP contribution >= 0.6 is 0 Å². The summed E-state index contributed by atoms with van der Waals surface area (Å²) in [7, 11) is 4.50. The van der Waals surface area contributed by atoms with Crippen LogP contribution in [0.1, 0.15) is 105 Å². The van der Waals surface area contributed by atoms with Crippen molar-refractivity contribution >= 4 is 12.0 Å². The summed E-state index contributed by atoms with van der Waals surface area (Å²) >= 11 is 0. The van der Waals surface area contributed by atoms with Gasteiger partial charge in [0.05, 0.1) is 54.7 Å². The van der Waals surface area contributed by atoms with Crippen molar-refractivity contribution in [1.29, 1.82) is 0 Å². The van der Waals surface area contributed by atoms with Crippen LogP contribution in [0, 0.1) is 16.7 Å². The maximum atomic E-state index is 13.6. The first kappa shape index (κ1) is 60.9. The number of fused-ring (bicyclic) bond motifs is 5. The van der Waals surface area contributed by atoms with E-state index in [0.29, 0.717) is 25.7 Å². The van der Waals surface area contributed by atoms with Crippen LogP contribution < -0.4 is 0 Å². The predicted octanol–water partition coefficient (Wildman–Crippen LogP) is 1.29. The van der Waals surface area contributed by atoms with E-state index in [2.05, 4.69) is 6.92 Å². The molecule has 3 saturated carbocycles. The van der Waals surface area contributed by atoms with E-state index >= 15 is 0 Å². The van der Waals surface area contributed by atoms with Crippen molar-refractivity contribution in [3.05, 3.63) is 53.6 Å². The van der Waals surface area contributed by atoms with Crippen LogP contribution in [0.3, 0.4) is 0 Å². The summed E-state index contributed by atoms with van der Waals surface area (Å²) in [6.07, 6.45) is -13.5. The summed E-state index contributed by atoms with van der Waals surface area (Å²) in [6, 6.07) is 9.29. The first-order chi connectivity index (χ1) is 37.4. The Bertz CT molecular complexity index is 2290. The molecule has 9 rings (SSSR count). The highest BCUT2D eigenvalue weighted by Gasteiger charge is 2.81. The third kappa shape index (κ3) is 10.7. The Morgan fingerprint density at radius 2 is 1.33 bits per heavy atom. The second-order valence-corrected chi connectivity index (χ2v) is 23.9. The highest BCUT2D eigenvalue weighted by molar-refractivity contribution is 5.87. The van der Waals surface area contributed by atoms with E-state index in [0.717, 1.165) is 11.1 Å². The van der Waals surface area contributed by atoms with Crippen molar-refractivity contribution in [2.45, 2.75) is 245 Å². The van der Waals surface area contributed by atoms with E-state index in [1.165, 1.54) is 27.2 Å². The van der Waals surface area contributed by atoms with Gasteiger partial charge in [0.15, 0.2) is 25.2 Å². The summed E-state index contributed by atoms with van der Waals surface area (Å²) in [5.74, 6) is -1.24. The molecule has 0 radical (unpaired) electrons. The highest BCUT2D eigenvalue weighted by atomic mass is 16.8. The Morgan fingerprint density at radius 3 is 1.95 bits per heavy atom. The van der Waals surface area contributed by atoms with Crippen molar-refractivity contribution in [2.24, 2.45) is 16.7 Å². The van der Waals surface area contributed by atoms with Crippen LogP contribution in [0.5, 0.6) is 0 Å². The lowest BCUT2D eigenvalue weighted by atomic mass is 9.42. The van der Waals surface area contributed by atoms with Gasteiger partial charge in [-0.25, -0.2) is 4.79 Å². The fraction of sp³-hybridized carbons (Fsp3) is 0.807. The van der Waals surface area contributed by atoms with Gasteiger partial charge in [0, 0.05) is 46.2 Å². The molecule has 0 spiro atoms. The minimum absolute atomic E-state index is 0.00648. The van der Waals surface area contributed by atoms with Gasteiger partial charge < -0.3 is 103 Å². The molecule has 4 aliphatic heterocycles. The number of carbonyl (C=O) groups is 1. The number of esters is 1. The molecule has 4 saturated heterocycles. The first-order valence-corrected chi connectivity index (χ1v) is 28.0. The average molecular weight is 1120 g/mol. The minimum Gasteiger partial charge on any atom is -0.458 e. The molecule has 8 aliphatic rings. The topological polar surface area (TPSA) is 310 Å². The maximum Gasteiger partial charge on any atom is 0.331 e. The van der Waals surface area contributed by atoms with Gasteiger partial charge in [-0.15, -0.1) is 0 Å². The molecule has 1 aromatic carbocycles. The van der Waals surface area contributed by atoms with Crippen molar-refractivity contribution in [1.82, 2.24) is 0 Å². The number of hydrogen-bond donors (Lipinski definition) is 9. The summed E-state index contributed by atoms with van der Waals surface area (Å²) in [5.41, 5.74) is -5.97. The second kappa shape index (κ2) is 23.8. The summed E-state index contributed by atoms with van der Waals surface area (Å²) in [4.78, 5) is 13.6. The maximum absolute atomic E-state index is 13.6. The number of methoxy groups -OCH3 is 3. The number of ether oxygens (including phenoxy) is 12. The zero-order valence-electron chi connectivity index (χ0n) is 46.7. The Morgan fingerprint density at radius 1 is 0.722 bits per heavy atom. The van der Waals surface area contributed by atoms with Crippen LogP contribution in [0.15, 0.2) is 48.1 Å². The smallest absolute Gasteiger partial charge is 0.331 e. The molecule has 22 heteroatoms. The Balaban J connectivity index is 0.815. The van der Waals surface area contributed by atoms with Gasteiger partial charge in [0.25, 0.3) is 0 Å². The van der Waals surface area contributed by atoms with Gasteiger partial charge in [-0.3, -0.25) is 0 Å². The molecule has 4 heterocycles. The third-order valence-corrected chi connectivity index (χ3v) is 19.7. The molecular weight excluding hydrogens is 1040 g/mol. The third-order valence-electron chi connectivity index (χ3n) is 19.7. The lowest BCUT2D eigenvalue weighted by Crippen LogP contribution is -2.78. The van der Waals surface area contributed by atoms with Gasteiger partial charge in [0.2, 0.25) is 0 Å². The molecule has 0 unspecified atom stereocenters. The van der Waals surface area contributed by atoms with Crippen molar-refractivity contribution in [3.8, 4) is 0 Å². The largest absolute Gasteiger partial charge is 0.458 e. The molecule has 0 bridgehead atoms. The Labute approximate surface area is 461 Å². The fourth-order valence-corrected chi connectivity index (χ4v) is 15.0. The van der Waals surface area contributed by atoms with Gasteiger partial charge in [-0.05, 0) is 89.7 Å². The zero-order valence-corrected chi connectivity index (χ0v) is 46.7. The summed E-state index contributed by atoms with van der Waals surface area (Å²) in [6.45, 7) is 9.87. The number of rotatable bonds is 16. The van der Waals surface area contributed by atoms with E-state index in [9.17, 15) is 50.8 Å². The number of carbonyl (C=O) groups excluding carboxylic acids is 1. The van der Waals surface area contributed by atoms with Crippen LogP contribution in [-0.2, 0) is 61.6 Å². The van der Waals surface area contributed by atoms with E-state index in [4.69, 9.17) is 56.8 Å². The van der Waals surface area contributed by atoms with E-state index < -0.39 is 169 Å². The minimum atomic E-state index is -1.93. The quantitative estimate of drug-likeness (QED) is 0.0640. The SMILES string of the molecule is CO[C@@H]1[C@@H](O)[C@H](O[C@H]2[C@@H](OC)C[C@H](O[C@H]3[C@@H](OC)C[C@H](O[C@H]4CC[C@@]5(C)C(=CC[C@]6(O)[C@@H]5C[C@@H](OC(=O)/C=C\c5ccccc5)[C@@]5(C)[C@]6(O)CC[C@@]5(O)[C@H](C)O)C4)O[C@@H]3C)O[C@@H]2C)O[C@H](C)[C@H]1O[C@@H]1O[C@H](CO)[C@@H](O)[C@H](O)[C@H]1O. The van der Waals surface area contributed by atoms with Gasteiger partial charge in [0.1, 0.15) is 77.8 Å². The molecule has 1 aromatic rings. The number of hydrogen-bond acceptors (Lipinski definition) is 22. The lowest BCUT2D eigenvalue weighted by Gasteiger charge is -2.67. The zero-order chi connectivity index (χ0) is 57.1. The predicted molar refractivity (Wildman–Crippen MR) is 276 cm³/mol. The van der Waals surface area contributed by atoms with Crippen molar-refractivity contribution in [3.63, 3.8) is 0 Å². The van der Waals surface area contributed by atoms with Crippen molar-refractivity contribution < 1.29 is 108 Å². The standard InChI is InChI=1S/C57H86O22/c1-28-47(77-42-25-36(69-8)48(29(2)72-42)78-52-46(64)50(70-9)49(30(3)73-52)79-51-45(63)44(62)43(61)37(27-58)75-51)35(68-7)24-41(71-28)74-34-18-19-53(5)33(23-34)17-20-56(66)38(53)26-39(76-40(60)16-15-32-13-11-10-12-14-32)54(6)55(65,31(4)59)21-22-57(54,56)67/h10-17,28-31,34-39,41-52,58-59,61-67H,18-27H2,1-9H3/b16-15-/t28-,29-,30-,31+,34+,35+,36+,37-,38-,39-,41+,42+,43-,44+,45-,46-,47-,48-,49-,50-,51+,52+,53+,54-,55-,56+,57-/m1/s1. The monoisotopic (exact) mass is 1120 g/mol. The molecule has 0 aromatic heterocycles. The fourth-order valence-electron chi connectivity index (χ4n) is 15.0. The molecule has 27 atom stereocenters. The average Bonchev–Trinajstić information content (AvgIpc) is 3.25. The van der Waals surface area contributed by atoms with Gasteiger partial charge in [-0.1, -0.05) is 55.8 Å². The molecule has 9 N–H and O–H groups in total. The molecule has 4 aliphatic carbocycles. The molecule has 446 valence electrons. The van der Waals surface area contributed by atoms with E-state index in [1.54, 1.807) is 34.0 Å². The van der Waals surface area contributed by atoms with Crippen LogP contribution in [0.2, 0.25) is 0 Å². The number of benzene rings is 1. The number of aliphatic hydroxyl groups excluding tert-OH is 6. The lowest BCUT2D eigenvalue weighted by molar-refractivity contribution is -0.373. The summed E-state index contributed by atoms with van der Waals surface area (Å²) < 4.78 is 74.2. The number of aliphatic hydroxyl groups is 9. The van der Waals surface area contributed by atoms with Crippen LogP contribution in [0.4, 0.5) is 0 Å². The molecule has 79 heavy (non-hydrogen) atoms. The molecule has 7 fully saturated rings. The molecular formula is C57H86O22. The molecule has 22 nitrogen and oxygen atoms in total. The Hall–Kier alpha value is -2.63. The van der Waals surface area contributed by atoms with Gasteiger partial charge >= 0.3 is 5.97 Å². The van der Waals surface area contributed by atoms with Gasteiger partial charge in [-0.2, -0.15) is 0 Å². The van der Waals surface area contributed by atoms with Crippen molar-refractivity contribution in [2.75, 3.05) is 27.9 Å². The first-order valence-electron chi connectivity index (χ1n) is 28.0. The normalized spacial score (nSPS) is 49.5. The highest BCUT2D eigenvalue weighted by Crippen LogP contribution is 2.71. The molecule has 0 amide bonds. The summed E-state index contributed by atoms with van der Waals surface area (Å²) in [5, 5.41) is 102. The Kier molecular flexibility index (Phi) is 18.4.